The van der Waals surface area contributed by atoms with Gasteiger partial charge in [0.25, 0.3) is 5.69 Å². The fourth-order valence-electron chi connectivity index (χ4n) is 2.55. The number of carbonyl (C=O) groups excluding carboxylic acids is 1. The Bertz CT molecular complexity index is 845. The van der Waals surface area contributed by atoms with Crippen LogP contribution in [0.3, 0.4) is 0 Å². The molecule has 122 valence electrons. The highest BCUT2D eigenvalue weighted by Gasteiger charge is 2.21. The first kappa shape index (κ1) is 16.7. The van der Waals surface area contributed by atoms with Gasteiger partial charge in [-0.2, -0.15) is 0 Å². The molecule has 7 nitrogen and oxygen atoms in total. The maximum Gasteiger partial charge on any atom is 0.340 e. The number of hydrogen-bond acceptors (Lipinski definition) is 4. The van der Waals surface area contributed by atoms with Gasteiger partial charge in [0.05, 0.1) is 16.0 Å². The third kappa shape index (κ3) is 3.08. The van der Waals surface area contributed by atoms with Crippen LogP contribution >= 0.6 is 0 Å². The molecule has 23 heavy (non-hydrogen) atoms. The van der Waals surface area contributed by atoms with Gasteiger partial charge in [-0.05, 0) is 19.4 Å². The molecule has 0 aliphatic heterocycles. The number of allylic oxidation sites excluding steroid dienone is 1. The third-order valence-corrected chi connectivity index (χ3v) is 3.66. The molecule has 2 rings (SSSR count). The van der Waals surface area contributed by atoms with E-state index in [1.165, 1.54) is 22.8 Å². The molecular weight excluding hydrogens is 298 g/mol. The van der Waals surface area contributed by atoms with Gasteiger partial charge in [-0.3, -0.25) is 19.5 Å². The van der Waals surface area contributed by atoms with Gasteiger partial charge in [-0.25, -0.2) is 9.36 Å². The summed E-state index contributed by atoms with van der Waals surface area (Å²) in [5, 5.41) is 11.0. The summed E-state index contributed by atoms with van der Waals surface area (Å²) in [5.41, 5.74) is 0.445. The highest BCUT2D eigenvalue weighted by molar-refractivity contribution is 5.92. The summed E-state index contributed by atoms with van der Waals surface area (Å²) in [4.78, 5) is 35.4. The Morgan fingerprint density at radius 1 is 1.26 bits per heavy atom. The van der Waals surface area contributed by atoms with E-state index in [9.17, 15) is 19.7 Å². The zero-order chi connectivity index (χ0) is 17.1. The van der Waals surface area contributed by atoms with Crippen LogP contribution in [0, 0.1) is 10.1 Å². The van der Waals surface area contributed by atoms with Crippen molar-refractivity contribution in [3.63, 3.8) is 0 Å². The molecule has 0 aliphatic rings. The monoisotopic (exact) mass is 317 g/mol. The van der Waals surface area contributed by atoms with Crippen molar-refractivity contribution in [1.29, 1.82) is 0 Å². The first-order chi connectivity index (χ1) is 10.9. The number of unbranched alkanes of at least 4 members (excludes halogenated alkanes) is 2. The van der Waals surface area contributed by atoms with Crippen molar-refractivity contribution in [2.24, 2.45) is 0 Å². The van der Waals surface area contributed by atoms with Gasteiger partial charge in [0.2, 0.25) is 5.91 Å². The second-order valence-corrected chi connectivity index (χ2v) is 5.47. The summed E-state index contributed by atoms with van der Waals surface area (Å²) in [5.74, 6) is -0.353. The minimum atomic E-state index is -0.548. The van der Waals surface area contributed by atoms with Crippen LogP contribution in [0.15, 0.2) is 29.6 Å². The third-order valence-electron chi connectivity index (χ3n) is 3.66. The Morgan fingerprint density at radius 3 is 2.52 bits per heavy atom. The first-order valence-electron chi connectivity index (χ1n) is 7.49. The van der Waals surface area contributed by atoms with E-state index in [0.29, 0.717) is 17.6 Å². The standard InChI is InChI=1S/C16H19N3O4/c1-4-5-6-7-15(20)18-14-10-12(19(22)23)8-9-13(14)17(11(2)3)16(18)21/h8-10H,2,4-7H2,1,3H3. The Balaban J connectivity index is 2.65. The Kier molecular flexibility index (Phi) is 4.78. The molecular formula is C16H19N3O4. The lowest BCUT2D eigenvalue weighted by Crippen LogP contribution is -2.28. The average Bonchev–Trinajstić information content (AvgIpc) is 2.78. The van der Waals surface area contributed by atoms with Crippen LogP contribution in [0.25, 0.3) is 16.7 Å². The van der Waals surface area contributed by atoms with Gasteiger partial charge in [-0.15, -0.1) is 0 Å². The minimum Gasteiger partial charge on any atom is -0.274 e. The fraction of sp³-hybridized carbons (Fsp3) is 0.375. The number of imidazole rings is 1. The molecule has 0 aliphatic carbocycles. The second-order valence-electron chi connectivity index (χ2n) is 5.47. The van der Waals surface area contributed by atoms with Crippen LogP contribution in [0.2, 0.25) is 0 Å². The first-order valence-corrected chi connectivity index (χ1v) is 7.49. The molecule has 0 unspecified atom stereocenters. The van der Waals surface area contributed by atoms with Crippen molar-refractivity contribution < 1.29 is 9.72 Å². The van der Waals surface area contributed by atoms with Crippen LogP contribution in [-0.4, -0.2) is 20.0 Å². The van der Waals surface area contributed by atoms with E-state index < -0.39 is 10.6 Å². The molecule has 7 heteroatoms. The second kappa shape index (κ2) is 6.60. The van der Waals surface area contributed by atoms with Gasteiger partial charge in [0.1, 0.15) is 0 Å². The summed E-state index contributed by atoms with van der Waals surface area (Å²) in [6, 6.07) is 4.04. The zero-order valence-corrected chi connectivity index (χ0v) is 13.2. The predicted octanol–water partition coefficient (Wildman–Crippen LogP) is 3.42. The molecule has 0 fully saturated rings. The normalized spacial score (nSPS) is 10.9. The summed E-state index contributed by atoms with van der Waals surface area (Å²) >= 11 is 0. The number of fused-ring (bicyclic) bond motifs is 1. The van der Waals surface area contributed by atoms with E-state index in [-0.39, 0.29) is 23.5 Å². The maximum atomic E-state index is 12.6. The van der Waals surface area contributed by atoms with E-state index in [2.05, 4.69) is 6.58 Å². The number of hydrogen-bond donors (Lipinski definition) is 0. The molecule has 2 aromatic rings. The van der Waals surface area contributed by atoms with Crippen LogP contribution < -0.4 is 5.69 Å². The van der Waals surface area contributed by atoms with Crippen molar-refractivity contribution in [3.05, 3.63) is 45.4 Å². The van der Waals surface area contributed by atoms with Crippen LogP contribution in [0.5, 0.6) is 0 Å². The van der Waals surface area contributed by atoms with E-state index in [1.807, 2.05) is 6.92 Å². The van der Waals surface area contributed by atoms with Crippen LogP contribution in [-0.2, 0) is 0 Å². The Labute approximate surface area is 133 Å². The van der Waals surface area contributed by atoms with Crippen LogP contribution in [0.1, 0.15) is 44.3 Å². The molecule has 0 saturated carbocycles. The topological polar surface area (TPSA) is 87.1 Å². The molecule has 1 aromatic heterocycles. The van der Waals surface area contributed by atoms with Crippen molar-refractivity contribution in [1.82, 2.24) is 9.13 Å². The Hall–Kier alpha value is -2.70. The molecule has 0 spiro atoms. The summed E-state index contributed by atoms with van der Waals surface area (Å²) in [6.07, 6.45) is 2.75. The van der Waals surface area contributed by atoms with Gasteiger partial charge in [0, 0.05) is 24.3 Å². The van der Waals surface area contributed by atoms with E-state index in [0.717, 1.165) is 17.4 Å². The number of non-ortho nitro benzene ring substituents is 1. The lowest BCUT2D eigenvalue weighted by molar-refractivity contribution is -0.384. The van der Waals surface area contributed by atoms with Gasteiger partial charge in [0.15, 0.2) is 0 Å². The largest absolute Gasteiger partial charge is 0.340 e. The van der Waals surface area contributed by atoms with Crippen molar-refractivity contribution >= 4 is 28.3 Å². The number of nitro benzene ring substituents is 1. The summed E-state index contributed by atoms with van der Waals surface area (Å²) < 4.78 is 2.32. The van der Waals surface area contributed by atoms with Crippen molar-refractivity contribution in [2.45, 2.75) is 39.5 Å². The molecule has 0 radical (unpaired) electrons. The molecule has 0 atom stereocenters. The molecule has 0 N–H and O–H groups in total. The molecule has 1 heterocycles. The quantitative estimate of drug-likeness (QED) is 0.464. The zero-order valence-electron chi connectivity index (χ0n) is 13.2. The molecule has 1 aromatic carbocycles. The predicted molar refractivity (Wildman–Crippen MR) is 88.6 cm³/mol. The lowest BCUT2D eigenvalue weighted by Gasteiger charge is -2.01. The number of nitrogens with zero attached hydrogens (tertiary/aromatic N) is 3. The number of carbonyl (C=O) groups is 1. The number of aromatic nitrogens is 2. The number of benzene rings is 1. The van der Waals surface area contributed by atoms with E-state index >= 15 is 0 Å². The van der Waals surface area contributed by atoms with Crippen molar-refractivity contribution in [3.8, 4) is 0 Å². The summed E-state index contributed by atoms with van der Waals surface area (Å²) in [7, 11) is 0. The SMILES string of the molecule is C=C(C)n1c(=O)n(C(=O)CCCCC)c2cc([N+](=O)[O-])ccc21. The highest BCUT2D eigenvalue weighted by Crippen LogP contribution is 2.22. The van der Waals surface area contributed by atoms with E-state index in [1.54, 1.807) is 6.92 Å². The van der Waals surface area contributed by atoms with Gasteiger partial charge in [-0.1, -0.05) is 26.3 Å². The smallest absolute Gasteiger partial charge is 0.274 e. The molecule has 0 amide bonds. The fourth-order valence-corrected chi connectivity index (χ4v) is 2.55. The van der Waals surface area contributed by atoms with E-state index in [4.69, 9.17) is 0 Å². The number of nitro groups is 1. The number of rotatable bonds is 6. The van der Waals surface area contributed by atoms with Gasteiger partial charge >= 0.3 is 5.69 Å². The highest BCUT2D eigenvalue weighted by atomic mass is 16.6. The summed E-state index contributed by atoms with van der Waals surface area (Å²) in [6.45, 7) is 7.41. The molecule has 0 bridgehead atoms. The van der Waals surface area contributed by atoms with Gasteiger partial charge < -0.3 is 0 Å². The Morgan fingerprint density at radius 2 is 1.96 bits per heavy atom. The average molecular weight is 317 g/mol. The van der Waals surface area contributed by atoms with Crippen molar-refractivity contribution in [2.75, 3.05) is 0 Å². The lowest BCUT2D eigenvalue weighted by atomic mass is 10.2. The minimum absolute atomic E-state index is 0.161. The maximum absolute atomic E-state index is 12.6. The van der Waals surface area contributed by atoms with Crippen LogP contribution in [0.4, 0.5) is 5.69 Å². The molecule has 0 saturated heterocycles.